The van der Waals surface area contributed by atoms with E-state index < -0.39 is 21.7 Å². The maximum Gasteiger partial charge on any atom is 0.303 e. The summed E-state index contributed by atoms with van der Waals surface area (Å²) in [5, 5.41) is 8.98. The lowest BCUT2D eigenvalue weighted by Gasteiger charge is -2.24. The largest absolute Gasteiger partial charge is 0.481 e. The maximum absolute atomic E-state index is 12.1. The summed E-state index contributed by atoms with van der Waals surface area (Å²) in [6, 6.07) is 5.21. The molecule has 0 aromatic heterocycles. The zero-order valence-corrected chi connectivity index (χ0v) is 16.4. The summed E-state index contributed by atoms with van der Waals surface area (Å²) in [6.45, 7) is 0.525. The predicted octanol–water partition coefficient (Wildman–Crippen LogP) is 0.877. The Labute approximate surface area is 165 Å². The van der Waals surface area contributed by atoms with Gasteiger partial charge in [0, 0.05) is 18.2 Å². The van der Waals surface area contributed by atoms with Crippen LogP contribution in [0.15, 0.2) is 23.2 Å². The van der Waals surface area contributed by atoms with Crippen LogP contribution in [0.3, 0.4) is 0 Å². The van der Waals surface area contributed by atoms with E-state index in [1.54, 1.807) is 6.07 Å². The normalized spacial score (nSPS) is 25.9. The molecule has 1 aromatic carbocycles. The standard InChI is InChI=1S/C17H18N2O7S2/c20-15(3-4-16(21)22)18-17-19(11-7-28(23,24)8-14(11)27-17)6-10-1-2-12-13(5-10)26-9-25-12/h1-2,5,11,14H,3-4,6-9H2,(H,21,22)/t11-,14-/m1/s1. The molecule has 3 heterocycles. The molecule has 3 aliphatic heterocycles. The van der Waals surface area contributed by atoms with Crippen molar-refractivity contribution in [2.24, 2.45) is 4.99 Å². The van der Waals surface area contributed by atoms with Gasteiger partial charge in [0.1, 0.15) is 0 Å². The molecule has 0 aliphatic carbocycles. The van der Waals surface area contributed by atoms with Crippen LogP contribution in [0.25, 0.3) is 0 Å². The Morgan fingerprint density at radius 1 is 1.21 bits per heavy atom. The molecule has 150 valence electrons. The second-order valence-corrected chi connectivity index (χ2v) is 10.2. The summed E-state index contributed by atoms with van der Waals surface area (Å²) < 4.78 is 34.8. The number of ether oxygens (including phenoxy) is 2. The summed E-state index contributed by atoms with van der Waals surface area (Å²) in [5.74, 6) is -0.259. The fourth-order valence-electron chi connectivity index (χ4n) is 3.43. The molecule has 28 heavy (non-hydrogen) atoms. The number of aliphatic carboxylic acids is 1. The van der Waals surface area contributed by atoms with Gasteiger partial charge < -0.3 is 19.5 Å². The molecule has 0 unspecified atom stereocenters. The highest BCUT2D eigenvalue weighted by Gasteiger charge is 2.48. The molecule has 0 spiro atoms. The van der Waals surface area contributed by atoms with Gasteiger partial charge in [-0.2, -0.15) is 4.99 Å². The van der Waals surface area contributed by atoms with E-state index in [2.05, 4.69) is 4.99 Å². The van der Waals surface area contributed by atoms with E-state index in [-0.39, 0.29) is 42.4 Å². The van der Waals surface area contributed by atoms with E-state index in [4.69, 9.17) is 14.6 Å². The van der Waals surface area contributed by atoms with Crippen LogP contribution in [0.2, 0.25) is 0 Å². The van der Waals surface area contributed by atoms with Gasteiger partial charge in [0.2, 0.25) is 12.7 Å². The van der Waals surface area contributed by atoms with Crippen LogP contribution < -0.4 is 9.47 Å². The molecule has 2 atom stereocenters. The number of benzene rings is 1. The molecule has 9 nitrogen and oxygen atoms in total. The maximum atomic E-state index is 12.1. The first-order valence-electron chi connectivity index (χ1n) is 8.66. The summed E-state index contributed by atoms with van der Waals surface area (Å²) in [6.07, 6.45) is -0.478. The Morgan fingerprint density at radius 3 is 2.79 bits per heavy atom. The van der Waals surface area contributed by atoms with Crippen molar-refractivity contribution in [1.29, 1.82) is 0 Å². The molecule has 3 aliphatic rings. The molecule has 1 amide bonds. The van der Waals surface area contributed by atoms with E-state index in [1.807, 2.05) is 17.0 Å². The zero-order valence-electron chi connectivity index (χ0n) is 14.7. The van der Waals surface area contributed by atoms with Crippen molar-refractivity contribution in [2.75, 3.05) is 18.3 Å². The summed E-state index contributed by atoms with van der Waals surface area (Å²) in [4.78, 5) is 28.6. The number of rotatable bonds is 5. The second-order valence-electron chi connectivity index (χ2n) is 6.80. The molecule has 2 saturated heterocycles. The lowest BCUT2D eigenvalue weighted by Crippen LogP contribution is -2.37. The lowest BCUT2D eigenvalue weighted by atomic mass is 10.1. The molecule has 0 bridgehead atoms. The van der Waals surface area contributed by atoms with Crippen molar-refractivity contribution >= 4 is 38.6 Å². The Morgan fingerprint density at radius 2 is 2.00 bits per heavy atom. The Bertz CT molecular complexity index is 960. The number of sulfone groups is 1. The lowest BCUT2D eigenvalue weighted by molar-refractivity contribution is -0.138. The van der Waals surface area contributed by atoms with Gasteiger partial charge in [-0.15, -0.1) is 0 Å². The van der Waals surface area contributed by atoms with E-state index in [0.29, 0.717) is 23.2 Å². The number of carboxylic acid groups (broad SMARTS) is 1. The summed E-state index contributed by atoms with van der Waals surface area (Å²) in [5.41, 5.74) is 0.875. The molecular formula is C17H18N2O7S2. The third kappa shape index (κ3) is 3.95. The molecule has 11 heteroatoms. The molecule has 1 aromatic rings. The van der Waals surface area contributed by atoms with E-state index in [1.165, 1.54) is 11.8 Å². The number of carbonyl (C=O) groups excluding carboxylic acids is 1. The van der Waals surface area contributed by atoms with Crippen LogP contribution in [0.1, 0.15) is 18.4 Å². The number of fused-ring (bicyclic) bond motifs is 2. The van der Waals surface area contributed by atoms with Gasteiger partial charge in [-0.1, -0.05) is 17.8 Å². The minimum Gasteiger partial charge on any atom is -0.481 e. The Balaban J connectivity index is 1.57. The van der Waals surface area contributed by atoms with Crippen LogP contribution >= 0.6 is 11.8 Å². The minimum absolute atomic E-state index is 0.0115. The van der Waals surface area contributed by atoms with Crippen molar-refractivity contribution in [3.63, 3.8) is 0 Å². The highest BCUT2D eigenvalue weighted by molar-refractivity contribution is 8.15. The van der Waals surface area contributed by atoms with Gasteiger partial charge >= 0.3 is 5.97 Å². The number of carboxylic acids is 1. The van der Waals surface area contributed by atoms with Crippen molar-refractivity contribution in [3.8, 4) is 11.5 Å². The highest BCUT2D eigenvalue weighted by atomic mass is 32.2. The van der Waals surface area contributed by atoms with Crippen LogP contribution in [0, 0.1) is 0 Å². The molecular weight excluding hydrogens is 408 g/mol. The molecule has 1 N–H and O–H groups in total. The van der Waals surface area contributed by atoms with Gasteiger partial charge in [-0.3, -0.25) is 9.59 Å². The summed E-state index contributed by atoms with van der Waals surface area (Å²) >= 11 is 1.27. The average Bonchev–Trinajstić information content (AvgIpc) is 3.27. The molecule has 0 radical (unpaired) electrons. The van der Waals surface area contributed by atoms with Crippen LogP contribution in [-0.2, 0) is 26.0 Å². The molecule has 2 fully saturated rings. The fraction of sp³-hybridized carbons (Fsp3) is 0.471. The van der Waals surface area contributed by atoms with Gasteiger partial charge in [-0.05, 0) is 17.7 Å². The minimum atomic E-state index is -3.14. The average molecular weight is 426 g/mol. The van der Waals surface area contributed by atoms with Crippen LogP contribution in [0.4, 0.5) is 0 Å². The Hall–Kier alpha value is -2.27. The predicted molar refractivity (Wildman–Crippen MR) is 101 cm³/mol. The van der Waals surface area contributed by atoms with Crippen molar-refractivity contribution in [3.05, 3.63) is 23.8 Å². The first-order valence-corrected chi connectivity index (χ1v) is 11.4. The van der Waals surface area contributed by atoms with E-state index in [9.17, 15) is 18.0 Å². The van der Waals surface area contributed by atoms with Gasteiger partial charge in [0.05, 0.1) is 24.0 Å². The monoisotopic (exact) mass is 426 g/mol. The smallest absolute Gasteiger partial charge is 0.303 e. The number of nitrogens with zero attached hydrogens (tertiary/aromatic N) is 2. The summed E-state index contributed by atoms with van der Waals surface area (Å²) in [7, 11) is -3.14. The van der Waals surface area contributed by atoms with Gasteiger partial charge in [0.15, 0.2) is 26.5 Å². The van der Waals surface area contributed by atoms with Crippen LogP contribution in [0.5, 0.6) is 11.5 Å². The zero-order chi connectivity index (χ0) is 19.9. The van der Waals surface area contributed by atoms with Crippen LogP contribution in [-0.4, -0.2) is 65.1 Å². The number of amidine groups is 1. The number of amides is 1. The number of carbonyl (C=O) groups is 2. The van der Waals surface area contributed by atoms with Crippen molar-refractivity contribution in [1.82, 2.24) is 4.90 Å². The number of hydrogen-bond acceptors (Lipinski definition) is 7. The SMILES string of the molecule is O=C(O)CCC(=O)N=C1S[C@@H]2CS(=O)(=O)C[C@H]2N1Cc1ccc2c(c1)OCO2. The van der Waals surface area contributed by atoms with Gasteiger partial charge in [0.25, 0.3) is 0 Å². The Kier molecular flexibility index (Phi) is 4.96. The van der Waals surface area contributed by atoms with Gasteiger partial charge in [-0.25, -0.2) is 8.42 Å². The molecule has 0 saturated carbocycles. The second kappa shape index (κ2) is 7.28. The topological polar surface area (TPSA) is 123 Å². The third-order valence-corrected chi connectivity index (χ3v) is 7.99. The van der Waals surface area contributed by atoms with E-state index in [0.717, 1.165) is 5.56 Å². The van der Waals surface area contributed by atoms with Crippen molar-refractivity contribution in [2.45, 2.75) is 30.7 Å². The van der Waals surface area contributed by atoms with Crippen molar-refractivity contribution < 1.29 is 32.6 Å². The first-order chi connectivity index (χ1) is 13.3. The molecule has 4 rings (SSSR count). The number of thioether (sulfide) groups is 1. The quantitative estimate of drug-likeness (QED) is 0.731. The first kappa shape index (κ1) is 19.1. The number of aliphatic imine (C=N–C) groups is 1. The highest BCUT2D eigenvalue weighted by Crippen LogP contribution is 2.40. The third-order valence-electron chi connectivity index (χ3n) is 4.74. The number of hydrogen-bond donors (Lipinski definition) is 1. The fourth-order valence-corrected chi connectivity index (χ4v) is 7.40. The van der Waals surface area contributed by atoms with E-state index >= 15 is 0 Å².